The van der Waals surface area contributed by atoms with Crippen LogP contribution in [0.5, 0.6) is 0 Å². The van der Waals surface area contributed by atoms with Crippen LogP contribution < -0.4 is 5.32 Å². The average Bonchev–Trinajstić information content (AvgIpc) is 3.11. The number of H-pyrrole nitrogens is 1. The van der Waals surface area contributed by atoms with Crippen molar-refractivity contribution in [2.24, 2.45) is 0 Å². The smallest absolute Gasteiger partial charge is 0.165 e. The summed E-state index contributed by atoms with van der Waals surface area (Å²) in [5.74, 6) is 1.78. The van der Waals surface area contributed by atoms with Crippen molar-refractivity contribution in [3.05, 3.63) is 76.8 Å². The topological polar surface area (TPSA) is 66.5 Å². The van der Waals surface area contributed by atoms with E-state index in [9.17, 15) is 0 Å². The van der Waals surface area contributed by atoms with Crippen LogP contribution >= 0.6 is 23.2 Å². The number of nitrogens with one attached hydrogen (secondary N) is 2. The molecule has 2 heterocycles. The van der Waals surface area contributed by atoms with Gasteiger partial charge in [-0.2, -0.15) is 5.10 Å². The second-order valence-electron chi connectivity index (χ2n) is 6.25. The van der Waals surface area contributed by atoms with Gasteiger partial charge in [0.1, 0.15) is 5.82 Å². The molecule has 0 fully saturated rings. The summed E-state index contributed by atoms with van der Waals surface area (Å²) in [6, 6.07) is 21.0. The summed E-state index contributed by atoms with van der Waals surface area (Å²) >= 11 is 12.8. The Morgan fingerprint density at radius 2 is 1.43 bits per heavy atom. The maximum absolute atomic E-state index is 6.39. The molecule has 0 radical (unpaired) electrons. The molecule has 0 amide bonds. The molecule has 28 heavy (non-hydrogen) atoms. The van der Waals surface area contributed by atoms with Crippen LogP contribution in [0.25, 0.3) is 33.2 Å². The van der Waals surface area contributed by atoms with Gasteiger partial charge >= 0.3 is 0 Å². The molecule has 0 saturated heterocycles. The number of hydrogen-bond acceptors (Lipinski definition) is 4. The summed E-state index contributed by atoms with van der Waals surface area (Å²) in [5, 5.41) is 13.6. The highest BCUT2D eigenvalue weighted by Crippen LogP contribution is 2.35. The molecule has 5 aromatic rings. The number of aromatic amines is 1. The highest BCUT2D eigenvalue weighted by molar-refractivity contribution is 6.39. The number of hydrogen-bond donors (Lipinski definition) is 2. The quantitative estimate of drug-likeness (QED) is 0.373. The van der Waals surface area contributed by atoms with Gasteiger partial charge in [-0.05, 0) is 36.4 Å². The van der Waals surface area contributed by atoms with E-state index in [1.165, 1.54) is 0 Å². The number of para-hydroxylation sites is 2. The van der Waals surface area contributed by atoms with Gasteiger partial charge in [-0.1, -0.05) is 53.5 Å². The van der Waals surface area contributed by atoms with Crippen LogP contribution in [-0.2, 0) is 0 Å². The number of aromatic nitrogens is 4. The van der Waals surface area contributed by atoms with E-state index in [-0.39, 0.29) is 0 Å². The van der Waals surface area contributed by atoms with E-state index in [1.807, 2.05) is 48.5 Å². The fourth-order valence-electron chi connectivity index (χ4n) is 3.17. The number of anilines is 2. The predicted octanol–water partition coefficient (Wildman–Crippen LogP) is 6.22. The van der Waals surface area contributed by atoms with Gasteiger partial charge in [-0.3, -0.25) is 5.10 Å². The first-order chi connectivity index (χ1) is 13.7. The van der Waals surface area contributed by atoms with E-state index < -0.39 is 0 Å². The van der Waals surface area contributed by atoms with Gasteiger partial charge in [-0.25, -0.2) is 9.97 Å². The minimum Gasteiger partial charge on any atom is -0.322 e. The molecule has 0 unspecified atom stereocenters. The van der Waals surface area contributed by atoms with Gasteiger partial charge in [0.15, 0.2) is 11.6 Å². The lowest BCUT2D eigenvalue weighted by Crippen LogP contribution is -2.00. The highest BCUT2D eigenvalue weighted by Gasteiger charge is 2.16. The fraction of sp³-hybridized carbons (Fsp3) is 0. The predicted molar refractivity (Wildman–Crippen MR) is 114 cm³/mol. The van der Waals surface area contributed by atoms with E-state index in [0.29, 0.717) is 33.1 Å². The maximum Gasteiger partial charge on any atom is 0.165 e. The van der Waals surface area contributed by atoms with Crippen LogP contribution in [0.15, 0.2) is 66.7 Å². The van der Waals surface area contributed by atoms with Gasteiger partial charge in [0.05, 0.1) is 26.6 Å². The molecular weight excluding hydrogens is 393 g/mol. The zero-order valence-electron chi connectivity index (χ0n) is 14.4. The van der Waals surface area contributed by atoms with E-state index >= 15 is 0 Å². The molecular formula is C21H13Cl2N5. The number of halogens is 2. The molecule has 5 nitrogen and oxygen atoms in total. The molecule has 2 N–H and O–H groups in total. The Morgan fingerprint density at radius 1 is 0.714 bits per heavy atom. The van der Waals surface area contributed by atoms with Crippen molar-refractivity contribution in [1.29, 1.82) is 0 Å². The van der Waals surface area contributed by atoms with Crippen LogP contribution in [0.3, 0.4) is 0 Å². The Kier molecular flexibility index (Phi) is 4.11. The van der Waals surface area contributed by atoms with Crippen molar-refractivity contribution in [3.8, 4) is 11.4 Å². The number of nitrogens with zero attached hydrogens (tertiary/aromatic N) is 3. The Bertz CT molecular complexity index is 1310. The Morgan fingerprint density at radius 3 is 2.25 bits per heavy atom. The third-order valence-corrected chi connectivity index (χ3v) is 5.13. The van der Waals surface area contributed by atoms with Crippen molar-refractivity contribution in [2.75, 3.05) is 5.32 Å². The van der Waals surface area contributed by atoms with Crippen molar-refractivity contribution >= 4 is 56.6 Å². The summed E-state index contributed by atoms with van der Waals surface area (Å²) in [6.07, 6.45) is 0. The lowest BCUT2D eigenvalue weighted by molar-refractivity contribution is 1.11. The molecule has 0 saturated carbocycles. The summed E-state index contributed by atoms with van der Waals surface area (Å²) in [6.45, 7) is 0. The number of rotatable bonds is 3. The minimum atomic E-state index is 0.455. The summed E-state index contributed by atoms with van der Waals surface area (Å²) < 4.78 is 0. The SMILES string of the molecule is Clc1cccc(Cl)c1-c1nc(Nc2n[nH]c3ccccc23)c2ccccc2n1. The van der Waals surface area contributed by atoms with Crippen LogP contribution in [0.4, 0.5) is 11.6 Å². The fourth-order valence-corrected chi connectivity index (χ4v) is 3.73. The largest absolute Gasteiger partial charge is 0.322 e. The number of fused-ring (bicyclic) bond motifs is 2. The van der Waals surface area contributed by atoms with E-state index in [0.717, 1.165) is 21.8 Å². The lowest BCUT2D eigenvalue weighted by Gasteiger charge is -2.11. The molecule has 0 aliphatic carbocycles. The van der Waals surface area contributed by atoms with Gasteiger partial charge < -0.3 is 5.32 Å². The molecule has 136 valence electrons. The standard InChI is InChI=1S/C21H13Cl2N5/c22-14-8-5-9-15(23)18(14)21-24-16-10-3-1-6-12(16)19(26-21)25-20-13-7-2-4-11-17(13)27-28-20/h1-11H,(H2,24,25,26,27,28). The zero-order chi connectivity index (χ0) is 19.1. The first-order valence-electron chi connectivity index (χ1n) is 8.62. The minimum absolute atomic E-state index is 0.455. The third kappa shape index (κ3) is 2.85. The second kappa shape index (κ2) is 6.78. The summed E-state index contributed by atoms with van der Waals surface area (Å²) in [5.41, 5.74) is 2.33. The summed E-state index contributed by atoms with van der Waals surface area (Å²) in [7, 11) is 0. The molecule has 0 bridgehead atoms. The van der Waals surface area contributed by atoms with Crippen LogP contribution in [0.1, 0.15) is 0 Å². The molecule has 0 aliphatic heterocycles. The van der Waals surface area contributed by atoms with Gasteiger partial charge in [-0.15, -0.1) is 0 Å². The first-order valence-corrected chi connectivity index (χ1v) is 9.37. The lowest BCUT2D eigenvalue weighted by atomic mass is 10.1. The average molecular weight is 406 g/mol. The van der Waals surface area contributed by atoms with Gasteiger partial charge in [0, 0.05) is 10.8 Å². The maximum atomic E-state index is 6.39. The van der Waals surface area contributed by atoms with E-state index in [2.05, 4.69) is 20.5 Å². The number of benzene rings is 3. The van der Waals surface area contributed by atoms with E-state index in [1.54, 1.807) is 18.2 Å². The zero-order valence-corrected chi connectivity index (χ0v) is 16.0. The van der Waals surface area contributed by atoms with Crippen LogP contribution in [0.2, 0.25) is 10.0 Å². The molecule has 0 spiro atoms. The molecule has 2 aromatic heterocycles. The Labute approximate surface area is 170 Å². The first kappa shape index (κ1) is 17.0. The monoisotopic (exact) mass is 405 g/mol. The molecule has 0 atom stereocenters. The normalized spacial score (nSPS) is 11.2. The van der Waals surface area contributed by atoms with Gasteiger partial charge in [0.25, 0.3) is 0 Å². The Hall–Kier alpha value is -3.15. The van der Waals surface area contributed by atoms with Gasteiger partial charge in [0.2, 0.25) is 0 Å². The Balaban J connectivity index is 1.72. The second-order valence-corrected chi connectivity index (χ2v) is 7.07. The van der Waals surface area contributed by atoms with E-state index in [4.69, 9.17) is 28.2 Å². The molecule has 3 aromatic carbocycles. The van der Waals surface area contributed by atoms with Crippen molar-refractivity contribution < 1.29 is 0 Å². The van der Waals surface area contributed by atoms with Crippen LogP contribution in [0, 0.1) is 0 Å². The molecule has 0 aliphatic rings. The van der Waals surface area contributed by atoms with Crippen LogP contribution in [-0.4, -0.2) is 20.2 Å². The molecule has 7 heteroatoms. The third-order valence-electron chi connectivity index (χ3n) is 4.50. The summed E-state index contributed by atoms with van der Waals surface area (Å²) in [4.78, 5) is 9.40. The highest BCUT2D eigenvalue weighted by atomic mass is 35.5. The van der Waals surface area contributed by atoms with Crippen molar-refractivity contribution in [2.45, 2.75) is 0 Å². The molecule has 5 rings (SSSR count). The van der Waals surface area contributed by atoms with Crippen molar-refractivity contribution in [3.63, 3.8) is 0 Å². The van der Waals surface area contributed by atoms with Crippen molar-refractivity contribution in [1.82, 2.24) is 20.2 Å².